The van der Waals surface area contributed by atoms with Gasteiger partial charge >= 0.3 is 0 Å². The van der Waals surface area contributed by atoms with Crippen LogP contribution < -0.4 is 9.46 Å². The largest absolute Gasteiger partial charge is 0.497 e. The normalized spacial score (nSPS) is 15.9. The second kappa shape index (κ2) is 7.25. The Hall–Kier alpha value is -2.64. The molecule has 30 heavy (non-hydrogen) atoms. The molecule has 2 N–H and O–H groups in total. The summed E-state index contributed by atoms with van der Waals surface area (Å²) in [5.74, 6) is 0.830. The number of H-pyrrole nitrogens is 1. The molecule has 1 aliphatic carbocycles. The molecule has 0 amide bonds. The summed E-state index contributed by atoms with van der Waals surface area (Å²) < 4.78 is 33.8. The predicted molar refractivity (Wildman–Crippen MR) is 116 cm³/mol. The first-order valence-electron chi connectivity index (χ1n) is 9.91. The van der Waals surface area contributed by atoms with Crippen molar-refractivity contribution < 1.29 is 17.9 Å². The molecule has 0 bridgehead atoms. The smallest absolute Gasteiger partial charge is 0.241 e. The number of methoxy groups -OCH3 is 1. The molecule has 0 unspecified atom stereocenters. The molecule has 0 aliphatic heterocycles. The van der Waals surface area contributed by atoms with Gasteiger partial charge in [0.2, 0.25) is 10.0 Å². The van der Waals surface area contributed by atoms with E-state index in [4.69, 9.17) is 4.74 Å². The fraction of sp³-hybridized carbons (Fsp3) is 0.348. The number of sulfonamides is 1. The lowest BCUT2D eigenvalue weighted by Crippen LogP contribution is -2.26. The van der Waals surface area contributed by atoms with Gasteiger partial charge in [-0.1, -0.05) is 26.0 Å². The fourth-order valence-electron chi connectivity index (χ4n) is 4.19. The number of benzene rings is 2. The minimum absolute atomic E-state index is 0.102. The van der Waals surface area contributed by atoms with Crippen molar-refractivity contribution in [2.45, 2.75) is 45.1 Å². The average Bonchev–Trinajstić information content (AvgIpc) is 3.02. The van der Waals surface area contributed by atoms with Crippen LogP contribution in [0.4, 0.5) is 0 Å². The number of rotatable bonds is 5. The predicted octanol–water partition coefficient (Wildman–Crippen LogP) is 4.12. The topological polar surface area (TPSA) is 88.3 Å². The van der Waals surface area contributed by atoms with Crippen molar-refractivity contribution in [3.8, 4) is 5.75 Å². The van der Waals surface area contributed by atoms with E-state index in [1.165, 1.54) is 0 Å². The Morgan fingerprint density at radius 3 is 2.50 bits per heavy atom. The molecule has 1 aromatic heterocycles. The van der Waals surface area contributed by atoms with Crippen molar-refractivity contribution in [2.75, 3.05) is 7.11 Å². The summed E-state index contributed by atoms with van der Waals surface area (Å²) in [5.41, 5.74) is 3.63. The van der Waals surface area contributed by atoms with E-state index in [1.807, 2.05) is 18.2 Å². The molecule has 1 heterocycles. The van der Waals surface area contributed by atoms with Crippen molar-refractivity contribution in [3.63, 3.8) is 0 Å². The van der Waals surface area contributed by atoms with Gasteiger partial charge in [-0.2, -0.15) is 0 Å². The van der Waals surface area contributed by atoms with Crippen LogP contribution in [0, 0.1) is 12.3 Å². The summed E-state index contributed by atoms with van der Waals surface area (Å²) in [4.78, 5) is 16.2. The zero-order valence-electron chi connectivity index (χ0n) is 17.6. The van der Waals surface area contributed by atoms with Crippen molar-refractivity contribution in [1.82, 2.24) is 9.71 Å². The minimum atomic E-state index is -3.72. The standard InChI is InChI=1S/C23H26N2O4S/c1-14-9-17-18(25-19-11-23(2,3)12-20(26)22(17)19)10-21(14)30(27,28)24-13-15-5-7-16(29-4)8-6-15/h5-10,24-25H,11-13H2,1-4H3. The van der Waals surface area contributed by atoms with Gasteiger partial charge < -0.3 is 9.72 Å². The van der Waals surface area contributed by atoms with Crippen LogP contribution in [0.2, 0.25) is 0 Å². The van der Waals surface area contributed by atoms with Crippen molar-refractivity contribution in [1.29, 1.82) is 0 Å². The summed E-state index contributed by atoms with van der Waals surface area (Å²) in [5, 5.41) is 0.803. The molecular weight excluding hydrogens is 400 g/mol. The van der Waals surface area contributed by atoms with E-state index in [9.17, 15) is 13.2 Å². The maximum atomic E-state index is 13.0. The number of carbonyl (C=O) groups is 1. The molecule has 2 aromatic carbocycles. The van der Waals surface area contributed by atoms with Gasteiger partial charge in [-0.3, -0.25) is 4.79 Å². The first kappa shape index (κ1) is 20.6. The van der Waals surface area contributed by atoms with E-state index in [0.29, 0.717) is 23.1 Å². The van der Waals surface area contributed by atoms with Crippen LogP contribution in [-0.4, -0.2) is 26.3 Å². The van der Waals surface area contributed by atoms with Gasteiger partial charge in [0.1, 0.15) is 5.75 Å². The van der Waals surface area contributed by atoms with Crippen LogP contribution in [0.3, 0.4) is 0 Å². The summed E-state index contributed by atoms with van der Waals surface area (Å²) >= 11 is 0. The lowest BCUT2D eigenvalue weighted by Gasteiger charge is -2.28. The van der Waals surface area contributed by atoms with Crippen molar-refractivity contribution in [2.24, 2.45) is 5.41 Å². The Morgan fingerprint density at radius 2 is 1.83 bits per heavy atom. The molecule has 4 rings (SSSR count). The maximum absolute atomic E-state index is 13.0. The SMILES string of the molecule is COc1ccc(CNS(=O)(=O)c2cc3[nH]c4c(c3cc2C)C(=O)CC(C)(C)C4)cc1. The average molecular weight is 427 g/mol. The Bertz CT molecular complexity index is 1240. The van der Waals surface area contributed by atoms with E-state index in [1.54, 1.807) is 32.2 Å². The molecule has 158 valence electrons. The number of hydrogen-bond acceptors (Lipinski definition) is 4. The molecule has 0 fully saturated rings. The number of aryl methyl sites for hydroxylation is 1. The lowest BCUT2D eigenvalue weighted by molar-refractivity contribution is 0.0913. The first-order chi connectivity index (χ1) is 14.1. The number of Topliss-reactive ketones (excluding diaryl/α,β-unsaturated/α-hetero) is 1. The molecule has 0 saturated carbocycles. The molecule has 0 saturated heterocycles. The molecule has 0 radical (unpaired) electrons. The third-order valence-electron chi connectivity index (χ3n) is 5.66. The number of ketones is 1. The second-order valence-electron chi connectivity index (χ2n) is 8.76. The maximum Gasteiger partial charge on any atom is 0.241 e. The highest BCUT2D eigenvalue weighted by molar-refractivity contribution is 7.89. The van der Waals surface area contributed by atoms with Crippen LogP contribution >= 0.6 is 0 Å². The molecular formula is C23H26N2O4S. The Morgan fingerprint density at radius 1 is 1.13 bits per heavy atom. The minimum Gasteiger partial charge on any atom is -0.497 e. The van der Waals surface area contributed by atoms with Gasteiger partial charge in [-0.15, -0.1) is 0 Å². The number of nitrogens with one attached hydrogen (secondary N) is 2. The molecule has 0 atom stereocenters. The van der Waals surface area contributed by atoms with Gasteiger partial charge in [0.25, 0.3) is 0 Å². The zero-order valence-corrected chi connectivity index (χ0v) is 18.4. The van der Waals surface area contributed by atoms with Gasteiger partial charge in [0.05, 0.1) is 12.0 Å². The van der Waals surface area contributed by atoms with Crippen molar-refractivity contribution in [3.05, 3.63) is 58.8 Å². The van der Waals surface area contributed by atoms with E-state index in [-0.39, 0.29) is 22.6 Å². The monoisotopic (exact) mass is 426 g/mol. The Labute approximate surface area is 176 Å². The van der Waals surface area contributed by atoms with E-state index >= 15 is 0 Å². The van der Waals surface area contributed by atoms with Crippen LogP contribution in [-0.2, 0) is 23.0 Å². The summed E-state index contributed by atoms with van der Waals surface area (Å²) in [7, 11) is -2.13. The Kier molecular flexibility index (Phi) is 4.98. The van der Waals surface area contributed by atoms with Crippen LogP contribution in [0.5, 0.6) is 5.75 Å². The number of hydrogen-bond donors (Lipinski definition) is 2. The second-order valence-corrected chi connectivity index (χ2v) is 10.5. The fourth-order valence-corrected chi connectivity index (χ4v) is 5.46. The third kappa shape index (κ3) is 3.75. The number of fused-ring (bicyclic) bond motifs is 3. The van der Waals surface area contributed by atoms with Gasteiger partial charge in [0.15, 0.2) is 5.78 Å². The summed E-state index contributed by atoms with van der Waals surface area (Å²) in [6.45, 7) is 6.09. The van der Waals surface area contributed by atoms with E-state index in [0.717, 1.165) is 28.8 Å². The zero-order chi connectivity index (χ0) is 21.7. The highest BCUT2D eigenvalue weighted by Gasteiger charge is 2.34. The first-order valence-corrected chi connectivity index (χ1v) is 11.4. The van der Waals surface area contributed by atoms with Gasteiger partial charge in [-0.25, -0.2) is 13.1 Å². The number of aromatic nitrogens is 1. The van der Waals surface area contributed by atoms with Crippen LogP contribution in [0.25, 0.3) is 10.9 Å². The van der Waals surface area contributed by atoms with Crippen LogP contribution in [0.15, 0.2) is 41.3 Å². The number of aromatic amines is 1. The molecule has 1 aliphatic rings. The van der Waals surface area contributed by atoms with Gasteiger partial charge in [-0.05, 0) is 54.2 Å². The van der Waals surface area contributed by atoms with Gasteiger partial charge in [0, 0.05) is 35.1 Å². The quantitative estimate of drug-likeness (QED) is 0.642. The molecule has 7 heteroatoms. The van der Waals surface area contributed by atoms with Crippen molar-refractivity contribution >= 4 is 26.7 Å². The van der Waals surface area contributed by atoms with Crippen LogP contribution in [0.1, 0.15) is 47.4 Å². The molecule has 3 aromatic rings. The van der Waals surface area contributed by atoms with E-state index < -0.39 is 10.0 Å². The lowest BCUT2D eigenvalue weighted by atomic mass is 9.76. The third-order valence-corrected chi connectivity index (χ3v) is 7.20. The summed E-state index contributed by atoms with van der Waals surface area (Å²) in [6, 6.07) is 10.7. The molecule has 6 nitrogen and oxygen atoms in total. The number of ether oxygens (including phenoxy) is 1. The van der Waals surface area contributed by atoms with E-state index in [2.05, 4.69) is 23.6 Å². The highest BCUT2D eigenvalue weighted by Crippen LogP contribution is 2.39. The number of carbonyl (C=O) groups excluding carboxylic acids is 1. The Balaban J connectivity index is 1.66. The molecule has 0 spiro atoms. The highest BCUT2D eigenvalue weighted by atomic mass is 32.2. The summed E-state index contributed by atoms with van der Waals surface area (Å²) in [6.07, 6.45) is 1.26.